The molecule has 0 saturated heterocycles. The summed E-state index contributed by atoms with van der Waals surface area (Å²) in [6.45, 7) is 2.24. The third kappa shape index (κ3) is 4.56. The predicted octanol–water partition coefficient (Wildman–Crippen LogP) is 2.25. The van der Waals surface area contributed by atoms with E-state index in [0.717, 1.165) is 5.75 Å². The van der Waals surface area contributed by atoms with Crippen LogP contribution in [0.15, 0.2) is 35.7 Å². The molecule has 1 aromatic carbocycles. The molecule has 0 atom stereocenters. The molecule has 2 aromatic rings. The number of aromatic nitrogens is 1. The van der Waals surface area contributed by atoms with Crippen molar-refractivity contribution in [2.75, 3.05) is 25.5 Å². The van der Waals surface area contributed by atoms with E-state index >= 15 is 0 Å². The first-order chi connectivity index (χ1) is 10.6. The predicted molar refractivity (Wildman–Crippen MR) is 85.3 cm³/mol. The first-order valence-corrected chi connectivity index (χ1v) is 7.60. The number of amides is 2. The van der Waals surface area contributed by atoms with Gasteiger partial charge >= 0.3 is 0 Å². The van der Waals surface area contributed by atoms with Gasteiger partial charge < -0.3 is 15.0 Å². The molecule has 2 amide bonds. The molecule has 6 nitrogen and oxygen atoms in total. The maximum Gasteiger partial charge on any atom is 0.273 e. The summed E-state index contributed by atoms with van der Waals surface area (Å²) in [6.07, 6.45) is 0. The second kappa shape index (κ2) is 7.56. The summed E-state index contributed by atoms with van der Waals surface area (Å²) in [6, 6.07) is 9.42. The van der Waals surface area contributed by atoms with Gasteiger partial charge in [0.2, 0.25) is 5.91 Å². The Morgan fingerprint density at radius 1 is 1.32 bits per heavy atom. The highest BCUT2D eigenvalue weighted by Gasteiger charge is 2.15. The number of likely N-dealkylation sites (N-methyl/N-ethyl adjacent to an activating group) is 1. The van der Waals surface area contributed by atoms with E-state index in [1.807, 2.05) is 30.3 Å². The van der Waals surface area contributed by atoms with Gasteiger partial charge in [0.15, 0.2) is 5.13 Å². The van der Waals surface area contributed by atoms with Crippen LogP contribution in [0.25, 0.3) is 0 Å². The van der Waals surface area contributed by atoms with E-state index in [2.05, 4.69) is 10.3 Å². The number of thiazole rings is 1. The van der Waals surface area contributed by atoms with E-state index < -0.39 is 0 Å². The number of benzene rings is 1. The molecular formula is C15H17N3O3S. The summed E-state index contributed by atoms with van der Waals surface area (Å²) < 4.78 is 5.55. The SMILES string of the molecule is CC(=O)Nc1nc(C(=O)N(C)CCOc2ccccc2)cs1. The van der Waals surface area contributed by atoms with Crippen molar-refractivity contribution in [3.63, 3.8) is 0 Å². The van der Waals surface area contributed by atoms with Crippen molar-refractivity contribution < 1.29 is 14.3 Å². The first kappa shape index (κ1) is 16.0. The van der Waals surface area contributed by atoms with Gasteiger partial charge in [0.05, 0.1) is 6.54 Å². The summed E-state index contributed by atoms with van der Waals surface area (Å²) in [4.78, 5) is 28.8. The Hall–Kier alpha value is -2.41. The molecular weight excluding hydrogens is 302 g/mol. The van der Waals surface area contributed by atoms with Crippen LogP contribution in [-0.2, 0) is 4.79 Å². The Kier molecular flexibility index (Phi) is 5.48. The Bertz CT molecular complexity index is 642. The Morgan fingerprint density at radius 2 is 2.05 bits per heavy atom. The molecule has 1 heterocycles. The third-order valence-electron chi connectivity index (χ3n) is 2.79. The minimum Gasteiger partial charge on any atom is -0.492 e. The van der Waals surface area contributed by atoms with Gasteiger partial charge in [-0.05, 0) is 12.1 Å². The normalized spacial score (nSPS) is 10.1. The second-order valence-corrected chi connectivity index (χ2v) is 5.47. The van der Waals surface area contributed by atoms with E-state index in [0.29, 0.717) is 24.0 Å². The Balaban J connectivity index is 1.84. The maximum absolute atomic E-state index is 12.2. The number of para-hydroxylation sites is 1. The fraction of sp³-hybridized carbons (Fsp3) is 0.267. The molecule has 116 valence electrons. The maximum atomic E-state index is 12.2. The van der Waals surface area contributed by atoms with Crippen LogP contribution >= 0.6 is 11.3 Å². The number of rotatable bonds is 6. The molecule has 0 radical (unpaired) electrons. The summed E-state index contributed by atoms with van der Waals surface area (Å²) in [5, 5.41) is 4.60. The van der Waals surface area contributed by atoms with Crippen LogP contribution in [0, 0.1) is 0 Å². The monoisotopic (exact) mass is 319 g/mol. The van der Waals surface area contributed by atoms with Gasteiger partial charge in [0.25, 0.3) is 5.91 Å². The van der Waals surface area contributed by atoms with Crippen molar-refractivity contribution in [2.45, 2.75) is 6.92 Å². The fourth-order valence-corrected chi connectivity index (χ4v) is 2.42. The van der Waals surface area contributed by atoms with Crippen LogP contribution in [0.1, 0.15) is 17.4 Å². The molecule has 7 heteroatoms. The smallest absolute Gasteiger partial charge is 0.273 e. The molecule has 1 aromatic heterocycles. The van der Waals surface area contributed by atoms with E-state index in [1.165, 1.54) is 23.2 Å². The van der Waals surface area contributed by atoms with Crippen molar-refractivity contribution in [1.29, 1.82) is 0 Å². The van der Waals surface area contributed by atoms with Crippen molar-refractivity contribution >= 4 is 28.3 Å². The molecule has 1 N–H and O–H groups in total. The zero-order valence-electron chi connectivity index (χ0n) is 12.4. The summed E-state index contributed by atoms with van der Waals surface area (Å²) in [5.74, 6) is 0.354. The Morgan fingerprint density at radius 3 is 2.73 bits per heavy atom. The van der Waals surface area contributed by atoms with Gasteiger partial charge in [-0.1, -0.05) is 18.2 Å². The lowest BCUT2D eigenvalue weighted by atomic mass is 10.3. The lowest BCUT2D eigenvalue weighted by molar-refractivity contribution is -0.114. The molecule has 0 saturated carbocycles. The van der Waals surface area contributed by atoms with E-state index in [1.54, 1.807) is 12.4 Å². The van der Waals surface area contributed by atoms with Crippen LogP contribution in [0.4, 0.5) is 5.13 Å². The molecule has 0 spiro atoms. The number of hydrogen-bond donors (Lipinski definition) is 1. The number of carbonyl (C=O) groups is 2. The van der Waals surface area contributed by atoms with Gasteiger partial charge in [0.1, 0.15) is 18.1 Å². The standard InChI is InChI=1S/C15H17N3O3S/c1-11(19)16-15-17-13(10-22-15)14(20)18(2)8-9-21-12-6-4-3-5-7-12/h3-7,10H,8-9H2,1-2H3,(H,16,17,19). The highest BCUT2D eigenvalue weighted by atomic mass is 32.1. The quantitative estimate of drug-likeness (QED) is 0.886. The fourth-order valence-electron chi connectivity index (χ4n) is 1.69. The number of hydrogen-bond acceptors (Lipinski definition) is 5. The van der Waals surface area contributed by atoms with Gasteiger partial charge in [0, 0.05) is 19.4 Å². The molecule has 0 fully saturated rings. The summed E-state index contributed by atoms with van der Waals surface area (Å²) in [7, 11) is 1.69. The average Bonchev–Trinajstić information content (AvgIpc) is 2.95. The summed E-state index contributed by atoms with van der Waals surface area (Å²) in [5.41, 5.74) is 0.316. The average molecular weight is 319 g/mol. The zero-order valence-corrected chi connectivity index (χ0v) is 13.2. The third-order valence-corrected chi connectivity index (χ3v) is 3.55. The number of carbonyl (C=O) groups excluding carboxylic acids is 2. The molecule has 0 aliphatic carbocycles. The highest BCUT2D eigenvalue weighted by Crippen LogP contribution is 2.16. The number of anilines is 1. The van der Waals surface area contributed by atoms with Crippen molar-refractivity contribution in [3.05, 3.63) is 41.4 Å². The molecule has 0 unspecified atom stereocenters. The van der Waals surface area contributed by atoms with Gasteiger partial charge in [-0.3, -0.25) is 9.59 Å². The largest absolute Gasteiger partial charge is 0.492 e. The zero-order chi connectivity index (χ0) is 15.9. The van der Waals surface area contributed by atoms with E-state index in [9.17, 15) is 9.59 Å². The topological polar surface area (TPSA) is 71.5 Å². The lowest BCUT2D eigenvalue weighted by Gasteiger charge is -2.16. The molecule has 2 rings (SSSR count). The van der Waals surface area contributed by atoms with Crippen LogP contribution < -0.4 is 10.1 Å². The number of nitrogens with one attached hydrogen (secondary N) is 1. The van der Waals surface area contributed by atoms with Crippen LogP contribution in [0.2, 0.25) is 0 Å². The van der Waals surface area contributed by atoms with Crippen LogP contribution in [-0.4, -0.2) is 41.9 Å². The lowest BCUT2D eigenvalue weighted by Crippen LogP contribution is -2.31. The van der Waals surface area contributed by atoms with E-state index in [-0.39, 0.29) is 11.8 Å². The highest BCUT2D eigenvalue weighted by molar-refractivity contribution is 7.14. The first-order valence-electron chi connectivity index (χ1n) is 6.72. The number of ether oxygens (including phenoxy) is 1. The van der Waals surface area contributed by atoms with Crippen LogP contribution in [0.5, 0.6) is 5.75 Å². The Labute approximate surface area is 132 Å². The van der Waals surface area contributed by atoms with Gasteiger partial charge in [-0.25, -0.2) is 4.98 Å². The molecule has 0 aliphatic heterocycles. The second-order valence-electron chi connectivity index (χ2n) is 4.61. The van der Waals surface area contributed by atoms with Crippen molar-refractivity contribution in [1.82, 2.24) is 9.88 Å². The van der Waals surface area contributed by atoms with Gasteiger partial charge in [-0.2, -0.15) is 0 Å². The molecule has 0 bridgehead atoms. The van der Waals surface area contributed by atoms with Crippen LogP contribution in [0.3, 0.4) is 0 Å². The minimum absolute atomic E-state index is 0.204. The molecule has 0 aliphatic rings. The molecule has 22 heavy (non-hydrogen) atoms. The van der Waals surface area contributed by atoms with Gasteiger partial charge in [-0.15, -0.1) is 11.3 Å². The van der Waals surface area contributed by atoms with E-state index in [4.69, 9.17) is 4.74 Å². The van der Waals surface area contributed by atoms with Crippen molar-refractivity contribution in [3.8, 4) is 5.75 Å². The minimum atomic E-state index is -0.210. The van der Waals surface area contributed by atoms with Crippen molar-refractivity contribution in [2.24, 2.45) is 0 Å². The number of nitrogens with zero attached hydrogens (tertiary/aromatic N) is 2. The summed E-state index contributed by atoms with van der Waals surface area (Å²) >= 11 is 1.22.